The van der Waals surface area contributed by atoms with Crippen LogP contribution in [-0.4, -0.2) is 118 Å². The van der Waals surface area contributed by atoms with Crippen molar-refractivity contribution in [3.05, 3.63) is 0 Å². The van der Waals surface area contributed by atoms with Crippen LogP contribution in [-0.2, 0) is 33.3 Å². The molecule has 0 aliphatic carbocycles. The van der Waals surface area contributed by atoms with E-state index < -0.39 is 65.6 Å². The molecule has 0 aromatic carbocycles. The third kappa shape index (κ3) is 10.3. The number of ether oxygens (including phenoxy) is 5. The topological polar surface area (TPSA) is 144 Å². The fourth-order valence-corrected chi connectivity index (χ4v) is 9.33. The van der Waals surface area contributed by atoms with Crippen LogP contribution in [0.15, 0.2) is 0 Å². The van der Waals surface area contributed by atoms with Gasteiger partial charge in [0, 0.05) is 37.5 Å². The van der Waals surface area contributed by atoms with Gasteiger partial charge in [-0.2, -0.15) is 0 Å². The smallest absolute Gasteiger partial charge is 0.309 e. The molecule has 3 fully saturated rings. The molecule has 3 N–H and O–H groups in total. The van der Waals surface area contributed by atoms with Crippen molar-refractivity contribution in [1.82, 2.24) is 4.90 Å². The molecule has 0 amide bonds. The van der Waals surface area contributed by atoms with Gasteiger partial charge in [-0.05, 0) is 98.4 Å². The van der Waals surface area contributed by atoms with E-state index in [-0.39, 0.29) is 60.4 Å². The second-order valence-electron chi connectivity index (χ2n) is 17.5. The van der Waals surface area contributed by atoms with Gasteiger partial charge in [-0.1, -0.05) is 41.5 Å². The largest absolute Gasteiger partial charge is 0.462 e. The summed E-state index contributed by atoms with van der Waals surface area (Å²) in [6.07, 6.45) is -2.65. The highest BCUT2D eigenvalue weighted by atomic mass is 16.7. The van der Waals surface area contributed by atoms with Crippen molar-refractivity contribution in [1.29, 1.82) is 0 Å². The Hall–Kier alpha value is -1.18. The third-order valence-electron chi connectivity index (χ3n) is 12.8. The van der Waals surface area contributed by atoms with E-state index in [2.05, 4.69) is 18.7 Å². The molecule has 51 heavy (non-hydrogen) atoms. The van der Waals surface area contributed by atoms with E-state index in [9.17, 15) is 24.9 Å². The Balaban J connectivity index is 2.14. The highest BCUT2D eigenvalue weighted by Crippen LogP contribution is 2.43. The number of likely N-dealkylation sites (N-methyl/N-ethyl adjacent to an activating group) is 1. The summed E-state index contributed by atoms with van der Waals surface area (Å²) in [5.41, 5.74) is -2.42. The van der Waals surface area contributed by atoms with Gasteiger partial charge < -0.3 is 39.0 Å². The van der Waals surface area contributed by atoms with Gasteiger partial charge in [0.05, 0.1) is 41.5 Å². The summed E-state index contributed by atoms with van der Waals surface area (Å²) >= 11 is 0. The summed E-state index contributed by atoms with van der Waals surface area (Å²) in [7, 11) is 3.56. The molecular weight excluding hydrogens is 654 g/mol. The highest BCUT2D eigenvalue weighted by Gasteiger charge is 2.51. The molecule has 17 atom stereocenters. The zero-order chi connectivity index (χ0) is 38.7. The van der Waals surface area contributed by atoms with Crippen molar-refractivity contribution < 1.29 is 48.6 Å². The summed E-state index contributed by atoms with van der Waals surface area (Å²) in [4.78, 5) is 30.1. The number of esters is 1. The van der Waals surface area contributed by atoms with Gasteiger partial charge in [0.1, 0.15) is 24.1 Å². The van der Waals surface area contributed by atoms with E-state index in [0.717, 1.165) is 0 Å². The first kappa shape index (κ1) is 44.2. The molecule has 0 radical (unpaired) electrons. The second-order valence-corrected chi connectivity index (χ2v) is 17.5. The SMILES string of the molecule is CC[C@H]1OC(=O)[C@H](C)C(C[C@H]2C[C@@](C)(OC)[C@@H](O)[C@H](C)O2)[C@H](C)[C@@H](O[C@@H]2O[C@H](C)C[C@H](N(C)C(C)C)[C@H]2O)[C@](C)(O)C[C@@H](C)C(=O)[C@H](C)C[C@H]1C. The fraction of sp³-hybridized carbons (Fsp3) is 0.950. The number of cyclic esters (lactones) is 1. The first-order valence-corrected chi connectivity index (χ1v) is 19.6. The number of carbonyl (C=O) groups excluding carboxylic acids is 2. The van der Waals surface area contributed by atoms with E-state index in [4.69, 9.17) is 23.7 Å². The maximum absolute atomic E-state index is 14.2. The molecule has 3 aliphatic rings. The lowest BCUT2D eigenvalue weighted by atomic mass is 9.69. The maximum Gasteiger partial charge on any atom is 0.309 e. The van der Waals surface area contributed by atoms with Gasteiger partial charge in [0.2, 0.25) is 0 Å². The summed E-state index contributed by atoms with van der Waals surface area (Å²) in [6.45, 7) is 23.1. The molecule has 0 bridgehead atoms. The van der Waals surface area contributed by atoms with Gasteiger partial charge in [-0.3, -0.25) is 14.5 Å². The number of nitrogens with zero attached hydrogens (tertiary/aromatic N) is 1. The van der Waals surface area contributed by atoms with Crippen LogP contribution in [0.3, 0.4) is 0 Å². The van der Waals surface area contributed by atoms with Crippen LogP contribution in [0.2, 0.25) is 0 Å². The predicted molar refractivity (Wildman–Crippen MR) is 196 cm³/mol. The lowest BCUT2D eigenvalue weighted by Gasteiger charge is -2.49. The molecule has 0 aromatic rings. The first-order chi connectivity index (χ1) is 23.6. The quantitative estimate of drug-likeness (QED) is 0.286. The van der Waals surface area contributed by atoms with E-state index in [1.165, 1.54) is 0 Å². The predicted octanol–water partition coefficient (Wildman–Crippen LogP) is 5.14. The van der Waals surface area contributed by atoms with Crippen LogP contribution in [0, 0.1) is 35.5 Å². The van der Waals surface area contributed by atoms with Gasteiger partial charge >= 0.3 is 5.97 Å². The lowest BCUT2D eigenvalue weighted by molar-refractivity contribution is -0.299. The van der Waals surface area contributed by atoms with Gasteiger partial charge in [-0.25, -0.2) is 0 Å². The second kappa shape index (κ2) is 18.0. The number of hydrogen-bond acceptors (Lipinski definition) is 11. The Kier molecular flexibility index (Phi) is 15.6. The minimum atomic E-state index is -1.56. The zero-order valence-electron chi connectivity index (χ0n) is 34.1. The number of ketones is 1. The molecule has 3 heterocycles. The minimum Gasteiger partial charge on any atom is -0.462 e. The molecular formula is C40H73NO10. The van der Waals surface area contributed by atoms with Crippen molar-refractivity contribution in [3.8, 4) is 0 Å². The Labute approximate surface area is 308 Å². The van der Waals surface area contributed by atoms with Gasteiger partial charge in [-0.15, -0.1) is 0 Å². The standard InChI is InChI=1S/C40H73NO10/c1-15-32-22(4)16-23(5)33(42)24(6)19-39(11,46)36(51-38-34(43)31(17-25(7)48-38)41(13)21(2)3)26(8)30(27(9)37(45)50-32)18-29-20-40(12,47-14)35(44)28(10)49-29/h21-32,34-36,38,43-44,46H,15-20H2,1-14H3/t22-,23-,24-,25-,26+,27-,28+,29+,30?,31+,32-,34-,35+,36-,38+,39-,40-/m1/s1. The number of carbonyl (C=O) groups is 2. The van der Waals surface area contributed by atoms with Crippen LogP contribution in [0.25, 0.3) is 0 Å². The Morgan fingerprint density at radius 1 is 0.961 bits per heavy atom. The average molecular weight is 728 g/mol. The van der Waals surface area contributed by atoms with Crippen LogP contribution < -0.4 is 0 Å². The molecule has 0 aromatic heterocycles. The first-order valence-electron chi connectivity index (χ1n) is 19.6. The molecule has 3 saturated heterocycles. The van der Waals surface area contributed by atoms with E-state index in [1.54, 1.807) is 14.0 Å². The van der Waals surface area contributed by atoms with Crippen molar-refractivity contribution in [2.45, 2.75) is 194 Å². The van der Waals surface area contributed by atoms with Gasteiger partial charge in [0.25, 0.3) is 0 Å². The van der Waals surface area contributed by atoms with E-state index in [1.807, 2.05) is 69.4 Å². The Morgan fingerprint density at radius 2 is 1.59 bits per heavy atom. The summed E-state index contributed by atoms with van der Waals surface area (Å²) in [5, 5.41) is 35.2. The normalized spacial score (nSPS) is 46.9. The summed E-state index contributed by atoms with van der Waals surface area (Å²) in [5.74, 6) is -2.69. The van der Waals surface area contributed by atoms with Crippen molar-refractivity contribution in [3.63, 3.8) is 0 Å². The average Bonchev–Trinajstić information content (AvgIpc) is 3.06. The molecule has 0 spiro atoms. The summed E-state index contributed by atoms with van der Waals surface area (Å²) < 4.78 is 31.5. The van der Waals surface area contributed by atoms with E-state index >= 15 is 0 Å². The highest BCUT2D eigenvalue weighted by molar-refractivity contribution is 5.83. The van der Waals surface area contributed by atoms with E-state index in [0.29, 0.717) is 32.1 Å². The van der Waals surface area contributed by atoms with Crippen molar-refractivity contribution in [2.75, 3.05) is 14.2 Å². The number of rotatable bonds is 8. The summed E-state index contributed by atoms with van der Waals surface area (Å²) in [6, 6.07) is -0.0762. The zero-order valence-corrected chi connectivity index (χ0v) is 34.1. The molecule has 298 valence electrons. The molecule has 1 unspecified atom stereocenters. The van der Waals surface area contributed by atoms with Crippen LogP contribution in [0.1, 0.15) is 122 Å². The minimum absolute atomic E-state index is 0.0389. The number of methoxy groups -OCH3 is 1. The Bertz CT molecular complexity index is 1130. The molecule has 3 aliphatic heterocycles. The lowest BCUT2D eigenvalue weighted by Crippen LogP contribution is -2.60. The van der Waals surface area contributed by atoms with Crippen molar-refractivity contribution in [2.24, 2.45) is 35.5 Å². The molecule has 11 nitrogen and oxygen atoms in total. The maximum atomic E-state index is 14.2. The fourth-order valence-electron chi connectivity index (χ4n) is 9.33. The van der Waals surface area contributed by atoms with Crippen molar-refractivity contribution >= 4 is 11.8 Å². The number of aliphatic hydroxyl groups excluding tert-OH is 2. The van der Waals surface area contributed by atoms with Crippen LogP contribution in [0.5, 0.6) is 0 Å². The Morgan fingerprint density at radius 3 is 2.16 bits per heavy atom. The van der Waals surface area contributed by atoms with Crippen LogP contribution >= 0.6 is 0 Å². The van der Waals surface area contributed by atoms with Gasteiger partial charge in [0.15, 0.2) is 6.29 Å². The number of aliphatic hydroxyl groups is 3. The monoisotopic (exact) mass is 728 g/mol. The third-order valence-corrected chi connectivity index (χ3v) is 12.8. The molecule has 3 rings (SSSR count). The number of Topliss-reactive ketones (excluding diaryl/α,β-unsaturated/α-hetero) is 1. The molecule has 11 heteroatoms. The van der Waals surface area contributed by atoms with Crippen LogP contribution in [0.4, 0.5) is 0 Å². The molecule has 0 saturated carbocycles. The number of hydrogen-bond donors (Lipinski definition) is 3.